The van der Waals surface area contributed by atoms with Crippen LogP contribution in [0.5, 0.6) is 5.75 Å². The average molecular weight is 496 g/mol. The fraction of sp³-hybridized carbons (Fsp3) is 0.160. The van der Waals surface area contributed by atoms with Gasteiger partial charge in [-0.2, -0.15) is 0 Å². The van der Waals surface area contributed by atoms with E-state index in [4.69, 9.17) is 4.74 Å². The molecule has 1 unspecified atom stereocenters. The first-order valence-electron chi connectivity index (χ1n) is 10.6. The second-order valence-electron chi connectivity index (χ2n) is 7.30. The lowest BCUT2D eigenvalue weighted by atomic mass is 10.2. The molecule has 0 fully saturated rings. The van der Waals surface area contributed by atoms with E-state index >= 15 is 0 Å². The molecule has 2 N–H and O–H groups in total. The summed E-state index contributed by atoms with van der Waals surface area (Å²) in [7, 11) is 0. The molecule has 2 amide bonds. The van der Waals surface area contributed by atoms with Crippen molar-refractivity contribution in [1.29, 1.82) is 0 Å². The first-order valence-corrected chi connectivity index (χ1v) is 12.3. The van der Waals surface area contributed by atoms with Gasteiger partial charge in [-0.15, -0.1) is 11.3 Å². The highest BCUT2D eigenvalue weighted by atomic mass is 32.2. The molecule has 9 heteroatoms. The summed E-state index contributed by atoms with van der Waals surface area (Å²) in [4.78, 5) is 29.6. The van der Waals surface area contributed by atoms with Crippen LogP contribution in [0.25, 0.3) is 10.2 Å². The topological polar surface area (TPSA) is 80.3 Å². The van der Waals surface area contributed by atoms with Crippen molar-refractivity contribution in [2.24, 2.45) is 0 Å². The number of halogens is 1. The summed E-state index contributed by atoms with van der Waals surface area (Å²) in [6, 6.07) is 18.4. The van der Waals surface area contributed by atoms with Crippen molar-refractivity contribution in [1.82, 2.24) is 4.98 Å². The van der Waals surface area contributed by atoms with Crippen molar-refractivity contribution in [3.63, 3.8) is 0 Å². The van der Waals surface area contributed by atoms with Crippen LogP contribution >= 0.6 is 23.1 Å². The molecule has 6 nitrogen and oxygen atoms in total. The molecule has 0 aliphatic rings. The van der Waals surface area contributed by atoms with Gasteiger partial charge in [0.25, 0.3) is 5.91 Å². The number of thioether (sulfide) groups is 1. The van der Waals surface area contributed by atoms with Crippen LogP contribution in [0, 0.1) is 5.82 Å². The number of anilines is 2. The number of rotatable bonds is 8. The van der Waals surface area contributed by atoms with Gasteiger partial charge in [0.2, 0.25) is 5.91 Å². The minimum Gasteiger partial charge on any atom is -0.494 e. The van der Waals surface area contributed by atoms with E-state index in [9.17, 15) is 14.0 Å². The minimum absolute atomic E-state index is 0.0180. The molecule has 174 valence electrons. The number of carbonyl (C=O) groups is 2. The monoisotopic (exact) mass is 495 g/mol. The maximum Gasteiger partial charge on any atom is 0.258 e. The number of aromatic nitrogens is 1. The predicted octanol–water partition coefficient (Wildman–Crippen LogP) is 6.21. The molecule has 34 heavy (non-hydrogen) atoms. The van der Waals surface area contributed by atoms with Gasteiger partial charge >= 0.3 is 0 Å². The molecule has 0 saturated carbocycles. The van der Waals surface area contributed by atoms with Gasteiger partial charge in [0.15, 0.2) is 4.34 Å². The number of benzene rings is 3. The van der Waals surface area contributed by atoms with E-state index in [1.807, 2.05) is 26.0 Å². The molecule has 0 spiro atoms. The van der Waals surface area contributed by atoms with E-state index in [1.165, 1.54) is 41.3 Å². The zero-order valence-corrected chi connectivity index (χ0v) is 20.1. The molecule has 0 aliphatic carbocycles. The SMILES string of the molecule is CCOc1ccc(NC(=O)C(C)Sc2nc3ccc(NC(=O)c4ccccc4F)cc3s2)cc1. The standard InChI is InChI=1S/C25H22FN3O3S2/c1-3-32-18-11-8-16(9-12-18)27-23(30)15(2)33-25-29-21-13-10-17(14-22(21)34-25)28-24(31)19-6-4-5-7-20(19)26/h4-15H,3H2,1-2H3,(H,27,30)(H,28,31). The van der Waals surface area contributed by atoms with Crippen molar-refractivity contribution in [3.8, 4) is 5.75 Å². The summed E-state index contributed by atoms with van der Waals surface area (Å²) in [5.74, 6) is -0.473. The second-order valence-corrected chi connectivity index (χ2v) is 9.92. The van der Waals surface area contributed by atoms with Crippen LogP contribution in [0.1, 0.15) is 24.2 Å². The van der Waals surface area contributed by atoms with Gasteiger partial charge in [-0.3, -0.25) is 9.59 Å². The Balaban J connectivity index is 1.40. The molecule has 4 aromatic rings. The van der Waals surface area contributed by atoms with Gasteiger partial charge in [0, 0.05) is 11.4 Å². The largest absolute Gasteiger partial charge is 0.494 e. The van der Waals surface area contributed by atoms with Crippen molar-refractivity contribution in [2.75, 3.05) is 17.2 Å². The number of nitrogens with zero attached hydrogens (tertiary/aromatic N) is 1. The summed E-state index contributed by atoms with van der Waals surface area (Å²) < 4.78 is 20.9. The molecule has 0 radical (unpaired) electrons. The normalized spacial score (nSPS) is 11.7. The Morgan fingerprint density at radius 3 is 2.53 bits per heavy atom. The Morgan fingerprint density at radius 2 is 1.79 bits per heavy atom. The summed E-state index contributed by atoms with van der Waals surface area (Å²) in [5.41, 5.74) is 1.98. The number of ether oxygens (including phenoxy) is 1. The van der Waals surface area contributed by atoms with E-state index < -0.39 is 11.7 Å². The quantitative estimate of drug-likeness (QED) is 0.284. The smallest absolute Gasteiger partial charge is 0.258 e. The number of thiazole rings is 1. The van der Waals surface area contributed by atoms with Crippen LogP contribution in [0.4, 0.5) is 15.8 Å². The first kappa shape index (κ1) is 23.7. The highest BCUT2D eigenvalue weighted by Gasteiger charge is 2.18. The molecule has 1 heterocycles. The number of hydrogen-bond donors (Lipinski definition) is 2. The van der Waals surface area contributed by atoms with Crippen LogP contribution in [-0.2, 0) is 4.79 Å². The molecule has 0 saturated heterocycles. The minimum atomic E-state index is -0.574. The summed E-state index contributed by atoms with van der Waals surface area (Å²) in [6.45, 7) is 4.32. The fourth-order valence-electron chi connectivity index (χ4n) is 3.13. The molecule has 4 rings (SSSR count). The van der Waals surface area contributed by atoms with Gasteiger partial charge in [-0.1, -0.05) is 23.9 Å². The van der Waals surface area contributed by atoms with E-state index in [0.717, 1.165) is 20.3 Å². The number of fused-ring (bicyclic) bond motifs is 1. The molecular formula is C25H22FN3O3S2. The Morgan fingerprint density at radius 1 is 1.06 bits per heavy atom. The third kappa shape index (κ3) is 5.73. The van der Waals surface area contributed by atoms with Crippen molar-refractivity contribution < 1.29 is 18.7 Å². The summed E-state index contributed by atoms with van der Waals surface area (Å²) in [5, 5.41) is 5.25. The van der Waals surface area contributed by atoms with Gasteiger partial charge < -0.3 is 15.4 Å². The Bertz CT molecular complexity index is 1320. The van der Waals surface area contributed by atoms with Crippen molar-refractivity contribution >= 4 is 56.5 Å². The summed E-state index contributed by atoms with van der Waals surface area (Å²) in [6.07, 6.45) is 0. The van der Waals surface area contributed by atoms with Crippen molar-refractivity contribution in [2.45, 2.75) is 23.4 Å². The third-order valence-electron chi connectivity index (χ3n) is 4.82. The van der Waals surface area contributed by atoms with Crippen LogP contribution < -0.4 is 15.4 Å². The molecule has 0 bridgehead atoms. The highest BCUT2D eigenvalue weighted by molar-refractivity contribution is 8.02. The Kier molecular flexibility index (Phi) is 7.44. The lowest BCUT2D eigenvalue weighted by Crippen LogP contribution is -2.22. The Hall–Kier alpha value is -3.43. The van der Waals surface area contributed by atoms with Gasteiger partial charge in [0.05, 0.1) is 27.6 Å². The first-order chi connectivity index (χ1) is 16.4. The highest BCUT2D eigenvalue weighted by Crippen LogP contribution is 2.34. The third-order valence-corrected chi connectivity index (χ3v) is 7.04. The molecule has 3 aromatic carbocycles. The van der Waals surface area contributed by atoms with Crippen LogP contribution in [0.3, 0.4) is 0 Å². The lowest BCUT2D eigenvalue weighted by Gasteiger charge is -2.11. The average Bonchev–Trinajstić information content (AvgIpc) is 3.22. The number of carbonyl (C=O) groups excluding carboxylic acids is 2. The maximum absolute atomic E-state index is 13.9. The van der Waals surface area contributed by atoms with Gasteiger partial charge in [-0.25, -0.2) is 9.37 Å². The zero-order valence-electron chi connectivity index (χ0n) is 18.5. The van der Waals surface area contributed by atoms with Crippen LogP contribution in [0.2, 0.25) is 0 Å². The molecule has 1 aromatic heterocycles. The van der Waals surface area contributed by atoms with E-state index in [-0.39, 0.29) is 16.7 Å². The second kappa shape index (κ2) is 10.7. The molecule has 1 atom stereocenters. The molecule has 0 aliphatic heterocycles. The number of nitrogens with one attached hydrogen (secondary N) is 2. The summed E-state index contributed by atoms with van der Waals surface area (Å²) >= 11 is 2.79. The fourth-order valence-corrected chi connectivity index (χ4v) is 5.38. The van der Waals surface area contributed by atoms with E-state index in [2.05, 4.69) is 15.6 Å². The predicted molar refractivity (Wildman–Crippen MR) is 136 cm³/mol. The van der Waals surface area contributed by atoms with Crippen LogP contribution in [0.15, 0.2) is 71.1 Å². The number of amides is 2. The van der Waals surface area contributed by atoms with E-state index in [0.29, 0.717) is 18.0 Å². The number of hydrogen-bond acceptors (Lipinski definition) is 6. The lowest BCUT2D eigenvalue weighted by molar-refractivity contribution is -0.115. The molecular weight excluding hydrogens is 473 g/mol. The maximum atomic E-state index is 13.9. The van der Waals surface area contributed by atoms with Crippen molar-refractivity contribution in [3.05, 3.63) is 78.1 Å². The zero-order chi connectivity index (χ0) is 24.1. The van der Waals surface area contributed by atoms with E-state index in [1.54, 1.807) is 36.4 Å². The van der Waals surface area contributed by atoms with Crippen LogP contribution in [-0.4, -0.2) is 28.7 Å². The Labute approximate surface area is 204 Å². The van der Waals surface area contributed by atoms with Gasteiger partial charge in [0.1, 0.15) is 11.6 Å². The van der Waals surface area contributed by atoms with Gasteiger partial charge in [-0.05, 0) is 68.4 Å².